The van der Waals surface area contributed by atoms with Gasteiger partial charge in [0.25, 0.3) is 0 Å². The molecular weight excluding hydrogens is 253 g/mol. The molecule has 2 rings (SSSR count). The number of hydrogen-bond acceptors (Lipinski definition) is 2. The summed E-state index contributed by atoms with van der Waals surface area (Å²) in [6.07, 6.45) is 3.49. The molecular formula is C17H26FNO. The monoisotopic (exact) mass is 279 g/mol. The van der Waals surface area contributed by atoms with Crippen LogP contribution in [-0.2, 0) is 11.3 Å². The highest BCUT2D eigenvalue weighted by atomic mass is 19.1. The third kappa shape index (κ3) is 3.58. The lowest BCUT2D eigenvalue weighted by Gasteiger charge is -2.31. The van der Waals surface area contributed by atoms with Gasteiger partial charge >= 0.3 is 0 Å². The fourth-order valence-corrected chi connectivity index (χ4v) is 3.04. The first-order chi connectivity index (χ1) is 9.54. The van der Waals surface area contributed by atoms with Gasteiger partial charge in [0.15, 0.2) is 0 Å². The van der Waals surface area contributed by atoms with Crippen molar-refractivity contribution in [3.63, 3.8) is 0 Å². The molecule has 0 radical (unpaired) electrons. The molecule has 0 bridgehead atoms. The van der Waals surface area contributed by atoms with Crippen LogP contribution in [0.1, 0.15) is 45.6 Å². The van der Waals surface area contributed by atoms with Crippen LogP contribution in [0.15, 0.2) is 24.3 Å². The van der Waals surface area contributed by atoms with Crippen molar-refractivity contribution in [1.29, 1.82) is 0 Å². The van der Waals surface area contributed by atoms with E-state index in [2.05, 4.69) is 26.1 Å². The Morgan fingerprint density at radius 1 is 1.35 bits per heavy atom. The molecule has 1 saturated carbocycles. The second-order valence-corrected chi connectivity index (χ2v) is 6.40. The fraction of sp³-hybridized carbons (Fsp3) is 0.647. The molecule has 0 aliphatic heterocycles. The number of rotatable bonds is 6. The van der Waals surface area contributed by atoms with Crippen molar-refractivity contribution in [2.45, 2.75) is 58.8 Å². The van der Waals surface area contributed by atoms with Crippen LogP contribution in [0.25, 0.3) is 0 Å². The Morgan fingerprint density at radius 3 is 2.80 bits per heavy atom. The van der Waals surface area contributed by atoms with Crippen molar-refractivity contribution in [2.24, 2.45) is 5.41 Å². The summed E-state index contributed by atoms with van der Waals surface area (Å²) in [7, 11) is 0. The van der Waals surface area contributed by atoms with E-state index in [-0.39, 0.29) is 17.3 Å². The lowest BCUT2D eigenvalue weighted by molar-refractivity contribution is 0.0144. The molecule has 20 heavy (non-hydrogen) atoms. The maximum atomic E-state index is 13.6. The summed E-state index contributed by atoms with van der Waals surface area (Å²) in [5.74, 6) is -0.178. The number of benzene rings is 1. The van der Waals surface area contributed by atoms with E-state index in [4.69, 9.17) is 4.74 Å². The van der Waals surface area contributed by atoms with E-state index in [9.17, 15) is 4.39 Å². The first-order valence-corrected chi connectivity index (χ1v) is 7.63. The Balaban J connectivity index is 1.96. The average Bonchev–Trinajstić information content (AvgIpc) is 2.70. The highest BCUT2D eigenvalue weighted by Gasteiger charge is 2.42. The second-order valence-electron chi connectivity index (χ2n) is 6.40. The Hall–Kier alpha value is -0.930. The van der Waals surface area contributed by atoms with Crippen LogP contribution in [0, 0.1) is 11.2 Å². The lowest BCUT2D eigenvalue weighted by Crippen LogP contribution is -2.45. The Bertz CT molecular complexity index is 433. The van der Waals surface area contributed by atoms with Gasteiger partial charge in [0, 0.05) is 11.6 Å². The Morgan fingerprint density at radius 2 is 2.10 bits per heavy atom. The quantitative estimate of drug-likeness (QED) is 0.852. The summed E-state index contributed by atoms with van der Waals surface area (Å²) < 4.78 is 19.6. The van der Waals surface area contributed by atoms with Crippen LogP contribution in [0.4, 0.5) is 4.39 Å². The second kappa shape index (κ2) is 6.68. The summed E-state index contributed by atoms with van der Waals surface area (Å²) in [5.41, 5.74) is 0.890. The minimum atomic E-state index is -0.178. The van der Waals surface area contributed by atoms with Gasteiger partial charge in [-0.05, 0) is 37.3 Å². The molecule has 0 saturated heterocycles. The minimum absolute atomic E-state index is 0.177. The van der Waals surface area contributed by atoms with E-state index < -0.39 is 0 Å². The van der Waals surface area contributed by atoms with Gasteiger partial charge in [0.1, 0.15) is 5.82 Å². The highest BCUT2D eigenvalue weighted by Crippen LogP contribution is 2.39. The van der Waals surface area contributed by atoms with E-state index >= 15 is 0 Å². The number of hydrogen-bond donors (Lipinski definition) is 1. The van der Waals surface area contributed by atoms with Gasteiger partial charge in [-0.2, -0.15) is 0 Å². The van der Waals surface area contributed by atoms with Crippen LogP contribution < -0.4 is 5.32 Å². The van der Waals surface area contributed by atoms with E-state index in [1.165, 1.54) is 6.07 Å². The van der Waals surface area contributed by atoms with Gasteiger partial charge in [-0.3, -0.25) is 0 Å². The molecule has 2 unspecified atom stereocenters. The van der Waals surface area contributed by atoms with E-state index in [0.29, 0.717) is 18.2 Å². The SMILES string of the molecule is CCCNC1C(OCc2ccccc2F)CCC1(C)C. The number of nitrogens with one attached hydrogen (secondary N) is 1. The normalized spacial score (nSPS) is 25.0. The predicted octanol–water partition coefficient (Wildman–Crippen LogP) is 3.90. The fourth-order valence-electron chi connectivity index (χ4n) is 3.04. The van der Waals surface area contributed by atoms with Gasteiger partial charge in [-0.25, -0.2) is 4.39 Å². The first-order valence-electron chi connectivity index (χ1n) is 7.63. The molecule has 1 aliphatic carbocycles. The molecule has 3 heteroatoms. The van der Waals surface area contributed by atoms with E-state index in [1.807, 2.05) is 6.07 Å². The molecule has 1 fully saturated rings. The zero-order valence-corrected chi connectivity index (χ0v) is 12.8. The molecule has 1 N–H and O–H groups in total. The van der Waals surface area contributed by atoms with Crippen molar-refractivity contribution in [2.75, 3.05) is 6.54 Å². The summed E-state index contributed by atoms with van der Waals surface area (Å²) in [6, 6.07) is 7.21. The van der Waals surface area contributed by atoms with E-state index in [1.54, 1.807) is 12.1 Å². The lowest BCUT2D eigenvalue weighted by atomic mass is 9.87. The molecule has 2 atom stereocenters. The molecule has 0 spiro atoms. The van der Waals surface area contributed by atoms with Gasteiger partial charge in [-0.1, -0.05) is 39.0 Å². The van der Waals surface area contributed by atoms with Gasteiger partial charge in [-0.15, -0.1) is 0 Å². The van der Waals surface area contributed by atoms with Crippen LogP contribution in [-0.4, -0.2) is 18.7 Å². The maximum absolute atomic E-state index is 13.6. The summed E-state index contributed by atoms with van der Waals surface area (Å²) in [6.45, 7) is 8.11. The van der Waals surface area contributed by atoms with Crippen LogP contribution in [0.3, 0.4) is 0 Å². The standard InChI is InChI=1S/C17H26FNO/c1-4-11-19-16-15(9-10-17(16,2)3)20-12-13-7-5-6-8-14(13)18/h5-8,15-16,19H,4,9-12H2,1-3H3. The van der Waals surface area contributed by atoms with Crippen molar-refractivity contribution in [1.82, 2.24) is 5.32 Å². The summed E-state index contributed by atoms with van der Waals surface area (Å²) in [5, 5.41) is 3.60. The molecule has 0 aromatic heterocycles. The number of ether oxygens (including phenoxy) is 1. The molecule has 2 nitrogen and oxygen atoms in total. The van der Waals surface area contributed by atoms with Crippen molar-refractivity contribution >= 4 is 0 Å². The molecule has 1 aromatic carbocycles. The van der Waals surface area contributed by atoms with Crippen molar-refractivity contribution in [3.8, 4) is 0 Å². The minimum Gasteiger partial charge on any atom is -0.372 e. The van der Waals surface area contributed by atoms with Gasteiger partial charge in [0.05, 0.1) is 12.7 Å². The third-order valence-electron chi connectivity index (χ3n) is 4.31. The third-order valence-corrected chi connectivity index (χ3v) is 4.31. The topological polar surface area (TPSA) is 21.3 Å². The van der Waals surface area contributed by atoms with Crippen molar-refractivity contribution in [3.05, 3.63) is 35.6 Å². The Labute approximate surface area is 121 Å². The maximum Gasteiger partial charge on any atom is 0.128 e. The average molecular weight is 279 g/mol. The van der Waals surface area contributed by atoms with E-state index in [0.717, 1.165) is 25.8 Å². The smallest absolute Gasteiger partial charge is 0.128 e. The van der Waals surface area contributed by atoms with Crippen LogP contribution >= 0.6 is 0 Å². The van der Waals surface area contributed by atoms with Crippen LogP contribution in [0.2, 0.25) is 0 Å². The number of halogens is 1. The molecule has 112 valence electrons. The predicted molar refractivity (Wildman–Crippen MR) is 80.1 cm³/mol. The molecule has 1 aliphatic rings. The van der Waals surface area contributed by atoms with Crippen molar-refractivity contribution < 1.29 is 9.13 Å². The first kappa shape index (κ1) is 15.5. The zero-order chi connectivity index (χ0) is 14.6. The molecule has 0 amide bonds. The summed E-state index contributed by atoms with van der Waals surface area (Å²) in [4.78, 5) is 0. The highest BCUT2D eigenvalue weighted by molar-refractivity contribution is 5.16. The van der Waals surface area contributed by atoms with Gasteiger partial charge < -0.3 is 10.1 Å². The summed E-state index contributed by atoms with van der Waals surface area (Å²) >= 11 is 0. The largest absolute Gasteiger partial charge is 0.372 e. The van der Waals surface area contributed by atoms with Gasteiger partial charge in [0.2, 0.25) is 0 Å². The van der Waals surface area contributed by atoms with Crippen LogP contribution in [0.5, 0.6) is 0 Å². The Kier molecular flexibility index (Phi) is 5.17. The molecule has 0 heterocycles. The zero-order valence-electron chi connectivity index (χ0n) is 12.8. The molecule has 1 aromatic rings.